The Bertz CT molecular complexity index is 1110. The fourth-order valence-corrected chi connectivity index (χ4v) is 4.11. The smallest absolute Gasteiger partial charge is 0.261 e. The highest BCUT2D eigenvalue weighted by molar-refractivity contribution is 5.95. The first kappa shape index (κ1) is 17.2. The second-order valence-corrected chi connectivity index (χ2v) is 7.80. The van der Waals surface area contributed by atoms with Crippen LogP contribution in [-0.2, 0) is 6.54 Å². The average molecular weight is 378 g/mol. The number of aryl methyl sites for hydroxylation is 1. The third kappa shape index (κ3) is 2.82. The van der Waals surface area contributed by atoms with Crippen molar-refractivity contribution in [3.63, 3.8) is 0 Å². The number of amides is 1. The molecule has 0 radical (unpaired) electrons. The minimum absolute atomic E-state index is 0.00652. The van der Waals surface area contributed by atoms with Crippen LogP contribution in [0.15, 0.2) is 39.8 Å². The summed E-state index contributed by atoms with van der Waals surface area (Å²) in [6, 6.07) is 7.25. The van der Waals surface area contributed by atoms with E-state index in [4.69, 9.17) is 9.51 Å². The van der Waals surface area contributed by atoms with Crippen LogP contribution in [0.25, 0.3) is 10.9 Å². The third-order valence-corrected chi connectivity index (χ3v) is 5.82. The van der Waals surface area contributed by atoms with Crippen LogP contribution in [-0.4, -0.2) is 32.1 Å². The van der Waals surface area contributed by atoms with Crippen molar-refractivity contribution in [3.8, 4) is 0 Å². The van der Waals surface area contributed by atoms with Gasteiger partial charge in [-0.25, -0.2) is 4.98 Å². The van der Waals surface area contributed by atoms with E-state index in [1.807, 2.05) is 33.7 Å². The van der Waals surface area contributed by atoms with Gasteiger partial charge in [-0.05, 0) is 50.7 Å². The summed E-state index contributed by atoms with van der Waals surface area (Å²) in [5.74, 6) is 1.64. The number of aromatic nitrogens is 3. The minimum Gasteiger partial charge on any atom is -0.361 e. The molecule has 0 N–H and O–H groups in total. The van der Waals surface area contributed by atoms with Gasteiger partial charge in [0, 0.05) is 13.1 Å². The first-order chi connectivity index (χ1) is 13.6. The average Bonchev–Trinajstić information content (AvgIpc) is 3.21. The highest BCUT2D eigenvalue weighted by atomic mass is 16.5. The summed E-state index contributed by atoms with van der Waals surface area (Å²) in [6.45, 7) is 3.06. The zero-order valence-corrected chi connectivity index (χ0v) is 15.8. The largest absolute Gasteiger partial charge is 0.361 e. The maximum atomic E-state index is 13.2. The van der Waals surface area contributed by atoms with E-state index in [0.717, 1.165) is 25.7 Å². The van der Waals surface area contributed by atoms with Gasteiger partial charge in [-0.15, -0.1) is 0 Å². The van der Waals surface area contributed by atoms with Crippen LogP contribution in [0.4, 0.5) is 0 Å². The summed E-state index contributed by atoms with van der Waals surface area (Å²) in [5.41, 5.74) is 1.16. The van der Waals surface area contributed by atoms with Crippen LogP contribution in [0.1, 0.15) is 53.7 Å². The quantitative estimate of drug-likeness (QED) is 0.697. The Morgan fingerprint density at radius 1 is 1.25 bits per heavy atom. The Kier molecular flexibility index (Phi) is 4.03. The number of hydrogen-bond donors (Lipinski definition) is 0. The monoisotopic (exact) mass is 378 g/mol. The van der Waals surface area contributed by atoms with Gasteiger partial charge in [0.15, 0.2) is 0 Å². The number of benzene rings is 1. The molecule has 1 saturated carbocycles. The molecule has 0 spiro atoms. The number of carbonyl (C=O) groups is 1. The molecule has 7 heteroatoms. The van der Waals surface area contributed by atoms with Gasteiger partial charge in [-0.3, -0.25) is 14.2 Å². The summed E-state index contributed by atoms with van der Waals surface area (Å²) in [7, 11) is 0. The summed E-state index contributed by atoms with van der Waals surface area (Å²) >= 11 is 0. The molecule has 1 atom stereocenters. The van der Waals surface area contributed by atoms with Crippen LogP contribution in [0.2, 0.25) is 0 Å². The van der Waals surface area contributed by atoms with Gasteiger partial charge in [0.2, 0.25) is 0 Å². The summed E-state index contributed by atoms with van der Waals surface area (Å²) in [6.07, 6.45) is 5.44. The van der Waals surface area contributed by atoms with Crippen molar-refractivity contribution in [2.75, 3.05) is 6.54 Å². The van der Waals surface area contributed by atoms with Crippen molar-refractivity contribution in [2.45, 2.75) is 45.2 Å². The molecule has 28 heavy (non-hydrogen) atoms. The Morgan fingerprint density at radius 2 is 2.07 bits per heavy atom. The molecular formula is C21H22N4O3. The van der Waals surface area contributed by atoms with Gasteiger partial charge in [-0.1, -0.05) is 17.3 Å². The SMILES string of the molecule is Cc1oncc1C(=O)N1CCCC1c1nc2ccccc2c(=O)n1CC1CC1. The molecule has 0 bridgehead atoms. The molecule has 3 aromatic rings. The highest BCUT2D eigenvalue weighted by Crippen LogP contribution is 2.35. The van der Waals surface area contributed by atoms with E-state index in [1.165, 1.54) is 6.20 Å². The number of likely N-dealkylation sites (tertiary alicyclic amines) is 1. The van der Waals surface area contributed by atoms with Gasteiger partial charge >= 0.3 is 0 Å². The van der Waals surface area contributed by atoms with Crippen LogP contribution in [0, 0.1) is 12.8 Å². The zero-order valence-electron chi connectivity index (χ0n) is 15.8. The zero-order chi connectivity index (χ0) is 19.3. The van der Waals surface area contributed by atoms with E-state index >= 15 is 0 Å². The van der Waals surface area contributed by atoms with Crippen molar-refractivity contribution in [1.82, 2.24) is 19.6 Å². The fraction of sp³-hybridized carbons (Fsp3) is 0.429. The lowest BCUT2D eigenvalue weighted by Crippen LogP contribution is -2.36. The maximum Gasteiger partial charge on any atom is 0.261 e. The van der Waals surface area contributed by atoms with Crippen LogP contribution in [0.3, 0.4) is 0 Å². The van der Waals surface area contributed by atoms with E-state index in [1.54, 1.807) is 6.92 Å². The van der Waals surface area contributed by atoms with Gasteiger partial charge in [0.25, 0.3) is 11.5 Å². The third-order valence-electron chi connectivity index (χ3n) is 5.82. The Morgan fingerprint density at radius 3 is 2.82 bits per heavy atom. The number of hydrogen-bond acceptors (Lipinski definition) is 5. The molecule has 1 aromatic carbocycles. The number of rotatable bonds is 4. The number of carbonyl (C=O) groups excluding carboxylic acids is 1. The predicted octanol–water partition coefficient (Wildman–Crippen LogP) is 3.08. The molecule has 2 aliphatic rings. The summed E-state index contributed by atoms with van der Waals surface area (Å²) in [5, 5.41) is 4.38. The van der Waals surface area contributed by atoms with Crippen molar-refractivity contribution in [2.24, 2.45) is 5.92 Å². The van der Waals surface area contributed by atoms with E-state index < -0.39 is 0 Å². The standard InChI is InChI=1S/C21H22N4O3/c1-13-16(11-22-28-13)21(27)24-10-4-7-18(24)19-23-17-6-3-2-5-15(17)20(26)25(19)12-14-8-9-14/h2-3,5-6,11,14,18H,4,7-10,12H2,1H3. The fourth-order valence-electron chi connectivity index (χ4n) is 4.11. The Balaban J connectivity index is 1.61. The lowest BCUT2D eigenvalue weighted by molar-refractivity contribution is 0.0724. The van der Waals surface area contributed by atoms with Gasteiger partial charge < -0.3 is 9.42 Å². The second kappa shape index (κ2) is 6.58. The molecule has 3 heterocycles. The summed E-state index contributed by atoms with van der Waals surface area (Å²) < 4.78 is 6.90. The number of fused-ring (bicyclic) bond motifs is 1. The molecule has 1 unspecified atom stereocenters. The lowest BCUT2D eigenvalue weighted by atomic mass is 10.1. The lowest BCUT2D eigenvalue weighted by Gasteiger charge is -2.26. The van der Waals surface area contributed by atoms with E-state index in [-0.39, 0.29) is 17.5 Å². The molecule has 1 amide bonds. The van der Waals surface area contributed by atoms with Crippen LogP contribution in [0.5, 0.6) is 0 Å². The highest BCUT2D eigenvalue weighted by Gasteiger charge is 2.36. The second-order valence-electron chi connectivity index (χ2n) is 7.80. The van der Waals surface area contributed by atoms with Crippen LogP contribution >= 0.6 is 0 Å². The van der Waals surface area contributed by atoms with Crippen molar-refractivity contribution < 1.29 is 9.32 Å². The summed E-state index contributed by atoms with van der Waals surface area (Å²) in [4.78, 5) is 33.0. The van der Waals surface area contributed by atoms with Crippen molar-refractivity contribution in [1.29, 1.82) is 0 Å². The predicted molar refractivity (Wildman–Crippen MR) is 103 cm³/mol. The van der Waals surface area contributed by atoms with E-state index in [9.17, 15) is 9.59 Å². The molecule has 1 saturated heterocycles. The van der Waals surface area contributed by atoms with Crippen molar-refractivity contribution in [3.05, 3.63) is 58.0 Å². The maximum absolute atomic E-state index is 13.2. The van der Waals surface area contributed by atoms with Crippen molar-refractivity contribution >= 4 is 16.8 Å². The first-order valence-electron chi connectivity index (χ1n) is 9.85. The molecular weight excluding hydrogens is 356 g/mol. The van der Waals surface area contributed by atoms with Gasteiger partial charge in [-0.2, -0.15) is 0 Å². The topological polar surface area (TPSA) is 81.2 Å². The number of para-hydroxylation sites is 1. The molecule has 1 aliphatic heterocycles. The molecule has 7 nitrogen and oxygen atoms in total. The molecule has 5 rings (SSSR count). The Hall–Kier alpha value is -2.96. The molecule has 2 aromatic heterocycles. The Labute approximate surface area is 162 Å². The van der Waals surface area contributed by atoms with E-state index in [0.29, 0.717) is 47.1 Å². The van der Waals surface area contributed by atoms with E-state index in [2.05, 4.69) is 5.16 Å². The van der Waals surface area contributed by atoms with Gasteiger partial charge in [0.05, 0.1) is 23.1 Å². The first-order valence-corrected chi connectivity index (χ1v) is 9.85. The molecule has 1 aliphatic carbocycles. The minimum atomic E-state index is -0.210. The molecule has 2 fully saturated rings. The van der Waals surface area contributed by atoms with Crippen LogP contribution < -0.4 is 5.56 Å². The number of nitrogens with zero attached hydrogens (tertiary/aromatic N) is 4. The van der Waals surface area contributed by atoms with Gasteiger partial charge in [0.1, 0.15) is 17.1 Å². The normalized spacial score (nSPS) is 19.5. The molecule has 144 valence electrons.